The molecule has 2 N–H and O–H groups in total. The molecule has 2 rings (SSSR count). The van der Waals surface area contributed by atoms with Crippen LogP contribution in [0.1, 0.15) is 19.8 Å². The Labute approximate surface area is 129 Å². The molecule has 0 saturated carbocycles. The standard InChI is InChI=1S/C13H20ClN5O2/c1-3-21-13(20)19-6-4-9(5-7-19)17-11-10(14)8-16-12(15-2)18-11/h8-9H,3-7H2,1-2H3,(H2,15,16,17,18). The molecule has 21 heavy (non-hydrogen) atoms. The fourth-order valence-corrected chi connectivity index (χ4v) is 2.35. The van der Waals surface area contributed by atoms with Gasteiger partial charge in [0.15, 0.2) is 5.82 Å². The van der Waals surface area contributed by atoms with Gasteiger partial charge in [0, 0.05) is 26.2 Å². The number of carbonyl (C=O) groups excluding carboxylic acids is 1. The van der Waals surface area contributed by atoms with E-state index in [1.165, 1.54) is 0 Å². The Hall–Kier alpha value is -1.76. The molecule has 0 radical (unpaired) electrons. The molecule has 1 aromatic rings. The van der Waals surface area contributed by atoms with Gasteiger partial charge in [-0.05, 0) is 19.8 Å². The quantitative estimate of drug-likeness (QED) is 0.887. The zero-order valence-corrected chi connectivity index (χ0v) is 13.0. The van der Waals surface area contributed by atoms with Crippen molar-refractivity contribution in [1.82, 2.24) is 14.9 Å². The number of nitrogens with zero attached hydrogens (tertiary/aromatic N) is 3. The highest BCUT2D eigenvalue weighted by molar-refractivity contribution is 6.32. The lowest BCUT2D eigenvalue weighted by Gasteiger charge is -2.32. The van der Waals surface area contributed by atoms with Gasteiger partial charge in [-0.15, -0.1) is 0 Å². The van der Waals surface area contributed by atoms with Gasteiger partial charge in [-0.2, -0.15) is 4.98 Å². The van der Waals surface area contributed by atoms with Gasteiger partial charge in [-0.3, -0.25) is 0 Å². The van der Waals surface area contributed by atoms with E-state index in [4.69, 9.17) is 16.3 Å². The normalized spacial score (nSPS) is 15.7. The number of hydrogen-bond acceptors (Lipinski definition) is 6. The largest absolute Gasteiger partial charge is 0.450 e. The molecule has 1 amide bonds. The molecule has 1 aliphatic rings. The molecule has 0 aromatic carbocycles. The molecule has 0 spiro atoms. The molecule has 1 aliphatic heterocycles. The van der Waals surface area contributed by atoms with E-state index in [-0.39, 0.29) is 12.1 Å². The van der Waals surface area contributed by atoms with Crippen molar-refractivity contribution in [1.29, 1.82) is 0 Å². The van der Waals surface area contributed by atoms with Crippen LogP contribution in [-0.2, 0) is 4.74 Å². The first kappa shape index (κ1) is 15.6. The Kier molecular flexibility index (Phi) is 5.44. The lowest BCUT2D eigenvalue weighted by atomic mass is 10.1. The number of ether oxygens (including phenoxy) is 1. The van der Waals surface area contributed by atoms with Crippen molar-refractivity contribution in [2.45, 2.75) is 25.8 Å². The van der Waals surface area contributed by atoms with Crippen LogP contribution in [-0.4, -0.2) is 53.7 Å². The van der Waals surface area contributed by atoms with Crippen molar-refractivity contribution < 1.29 is 9.53 Å². The van der Waals surface area contributed by atoms with Crippen molar-refractivity contribution in [3.8, 4) is 0 Å². The van der Waals surface area contributed by atoms with Gasteiger partial charge in [0.05, 0.1) is 12.8 Å². The number of piperidine rings is 1. The van der Waals surface area contributed by atoms with E-state index in [1.54, 1.807) is 18.1 Å². The number of carbonyl (C=O) groups is 1. The molecule has 0 unspecified atom stereocenters. The van der Waals surface area contributed by atoms with Crippen LogP contribution >= 0.6 is 11.6 Å². The zero-order chi connectivity index (χ0) is 15.2. The molecule has 0 atom stereocenters. The van der Waals surface area contributed by atoms with Gasteiger partial charge in [0.25, 0.3) is 0 Å². The first-order valence-electron chi connectivity index (χ1n) is 7.02. The minimum atomic E-state index is -0.242. The maximum Gasteiger partial charge on any atom is 0.409 e. The third-order valence-electron chi connectivity index (χ3n) is 3.33. The number of rotatable bonds is 4. The monoisotopic (exact) mass is 313 g/mol. The van der Waals surface area contributed by atoms with Crippen molar-refractivity contribution in [3.63, 3.8) is 0 Å². The Balaban J connectivity index is 1.90. The van der Waals surface area contributed by atoms with Crippen molar-refractivity contribution in [3.05, 3.63) is 11.2 Å². The number of halogens is 1. The predicted molar refractivity (Wildman–Crippen MR) is 81.8 cm³/mol. The van der Waals surface area contributed by atoms with E-state index in [9.17, 15) is 4.79 Å². The van der Waals surface area contributed by atoms with Crippen LogP contribution in [0.4, 0.5) is 16.6 Å². The van der Waals surface area contributed by atoms with E-state index in [2.05, 4.69) is 20.6 Å². The highest BCUT2D eigenvalue weighted by Gasteiger charge is 2.24. The topological polar surface area (TPSA) is 79.4 Å². The number of amides is 1. The summed E-state index contributed by atoms with van der Waals surface area (Å²) >= 11 is 6.09. The molecule has 0 aliphatic carbocycles. The van der Waals surface area contributed by atoms with E-state index in [0.29, 0.717) is 36.5 Å². The minimum Gasteiger partial charge on any atom is -0.450 e. The minimum absolute atomic E-state index is 0.229. The molecule has 8 heteroatoms. The van der Waals surface area contributed by atoms with Gasteiger partial charge in [-0.25, -0.2) is 9.78 Å². The third-order valence-corrected chi connectivity index (χ3v) is 3.61. The van der Waals surface area contributed by atoms with Crippen molar-refractivity contribution in [2.24, 2.45) is 0 Å². The average molecular weight is 314 g/mol. The average Bonchev–Trinajstić information content (AvgIpc) is 2.50. The van der Waals surface area contributed by atoms with E-state index < -0.39 is 0 Å². The second kappa shape index (κ2) is 7.31. The summed E-state index contributed by atoms with van der Waals surface area (Å²) in [7, 11) is 1.75. The molecule has 1 fully saturated rings. The zero-order valence-electron chi connectivity index (χ0n) is 12.2. The van der Waals surface area contributed by atoms with Gasteiger partial charge in [0.2, 0.25) is 5.95 Å². The van der Waals surface area contributed by atoms with Gasteiger partial charge in [0.1, 0.15) is 5.02 Å². The summed E-state index contributed by atoms with van der Waals surface area (Å²) < 4.78 is 5.00. The number of nitrogens with one attached hydrogen (secondary N) is 2. The molecule has 2 heterocycles. The van der Waals surface area contributed by atoms with Crippen LogP contribution in [0.25, 0.3) is 0 Å². The Morgan fingerprint density at radius 1 is 1.52 bits per heavy atom. The molecular weight excluding hydrogens is 294 g/mol. The van der Waals surface area contributed by atoms with Gasteiger partial charge < -0.3 is 20.3 Å². The van der Waals surface area contributed by atoms with Crippen LogP contribution in [0.3, 0.4) is 0 Å². The van der Waals surface area contributed by atoms with Gasteiger partial charge in [-0.1, -0.05) is 11.6 Å². The Bertz CT molecular complexity index is 491. The summed E-state index contributed by atoms with van der Waals surface area (Å²) in [6.07, 6.45) is 2.98. The first-order chi connectivity index (χ1) is 10.1. The number of anilines is 2. The fraction of sp³-hybridized carbons (Fsp3) is 0.615. The Morgan fingerprint density at radius 2 is 2.24 bits per heavy atom. The molecule has 1 saturated heterocycles. The van der Waals surface area contributed by atoms with Crippen molar-refractivity contribution >= 4 is 29.5 Å². The highest BCUT2D eigenvalue weighted by Crippen LogP contribution is 2.23. The molecular formula is C13H20ClN5O2. The van der Waals surface area contributed by atoms with Crippen LogP contribution in [0.15, 0.2) is 6.20 Å². The second-order valence-electron chi connectivity index (χ2n) is 4.74. The summed E-state index contributed by atoms with van der Waals surface area (Å²) in [6, 6.07) is 0.229. The highest BCUT2D eigenvalue weighted by atomic mass is 35.5. The second-order valence-corrected chi connectivity index (χ2v) is 5.15. The maximum absolute atomic E-state index is 11.6. The number of aromatic nitrogens is 2. The number of likely N-dealkylation sites (tertiary alicyclic amines) is 1. The summed E-state index contributed by atoms with van der Waals surface area (Å²) in [6.45, 7) is 3.54. The van der Waals surface area contributed by atoms with Crippen LogP contribution < -0.4 is 10.6 Å². The van der Waals surface area contributed by atoms with Crippen LogP contribution in [0, 0.1) is 0 Å². The lowest BCUT2D eigenvalue weighted by Crippen LogP contribution is -2.42. The molecule has 0 bridgehead atoms. The Morgan fingerprint density at radius 3 is 2.86 bits per heavy atom. The van der Waals surface area contributed by atoms with Crippen LogP contribution in [0.2, 0.25) is 5.02 Å². The van der Waals surface area contributed by atoms with E-state index in [1.807, 2.05) is 6.92 Å². The number of hydrogen-bond donors (Lipinski definition) is 2. The molecule has 1 aromatic heterocycles. The fourth-order valence-electron chi connectivity index (χ4n) is 2.20. The van der Waals surface area contributed by atoms with Gasteiger partial charge >= 0.3 is 6.09 Å². The molecule has 7 nitrogen and oxygen atoms in total. The van der Waals surface area contributed by atoms with E-state index >= 15 is 0 Å². The summed E-state index contributed by atoms with van der Waals surface area (Å²) in [5.41, 5.74) is 0. The van der Waals surface area contributed by atoms with Crippen LogP contribution in [0.5, 0.6) is 0 Å². The summed E-state index contributed by atoms with van der Waals surface area (Å²) in [5.74, 6) is 1.14. The van der Waals surface area contributed by atoms with E-state index in [0.717, 1.165) is 12.8 Å². The summed E-state index contributed by atoms with van der Waals surface area (Å²) in [5, 5.41) is 6.68. The maximum atomic E-state index is 11.6. The van der Waals surface area contributed by atoms with Crippen molar-refractivity contribution in [2.75, 3.05) is 37.4 Å². The third kappa shape index (κ3) is 4.10. The first-order valence-corrected chi connectivity index (χ1v) is 7.40. The SMILES string of the molecule is CCOC(=O)N1CCC(Nc2nc(NC)ncc2Cl)CC1. The predicted octanol–water partition coefficient (Wildman–Crippen LogP) is 2.20. The molecule has 116 valence electrons. The summed E-state index contributed by atoms with van der Waals surface area (Å²) in [4.78, 5) is 21.7. The smallest absolute Gasteiger partial charge is 0.409 e. The lowest BCUT2D eigenvalue weighted by molar-refractivity contribution is 0.0983.